The van der Waals surface area contributed by atoms with Gasteiger partial charge in [0, 0.05) is 7.05 Å². The molecule has 2 aromatic carbocycles. The van der Waals surface area contributed by atoms with Crippen LogP contribution < -0.4 is 4.74 Å². The van der Waals surface area contributed by atoms with Gasteiger partial charge in [-0.3, -0.25) is 4.79 Å². The quantitative estimate of drug-likeness (QED) is 0.561. The molecule has 1 aromatic heterocycles. The summed E-state index contributed by atoms with van der Waals surface area (Å²) in [5.74, 6) is -0.0156. The Bertz CT molecular complexity index is 935. The second kappa shape index (κ2) is 8.84. The van der Waals surface area contributed by atoms with Crippen LogP contribution in [0.1, 0.15) is 35.3 Å². The first-order valence-electron chi connectivity index (χ1n) is 9.00. The molecule has 1 atom stereocenters. The third-order valence-corrected chi connectivity index (χ3v) is 5.58. The lowest BCUT2D eigenvalue weighted by Crippen LogP contribution is -2.33. The zero-order valence-electron chi connectivity index (χ0n) is 16.0. The van der Waals surface area contributed by atoms with E-state index in [2.05, 4.69) is 4.98 Å². The molecule has 0 aliphatic rings. The van der Waals surface area contributed by atoms with E-state index in [1.807, 2.05) is 31.2 Å². The third-order valence-electron chi connectivity index (χ3n) is 4.37. The lowest BCUT2D eigenvalue weighted by molar-refractivity contribution is -0.134. The van der Waals surface area contributed by atoms with Crippen LogP contribution in [-0.4, -0.2) is 42.0 Å². The van der Waals surface area contributed by atoms with Crippen molar-refractivity contribution < 1.29 is 19.1 Å². The topological polar surface area (TPSA) is 68.7 Å². The van der Waals surface area contributed by atoms with Crippen molar-refractivity contribution in [2.24, 2.45) is 0 Å². The molecule has 0 saturated heterocycles. The number of rotatable bonds is 7. The zero-order chi connectivity index (χ0) is 20.1. The van der Waals surface area contributed by atoms with Crippen LogP contribution in [-0.2, 0) is 9.53 Å². The van der Waals surface area contributed by atoms with E-state index in [9.17, 15) is 9.59 Å². The van der Waals surface area contributed by atoms with Gasteiger partial charge in [0.2, 0.25) is 0 Å². The van der Waals surface area contributed by atoms with Crippen LogP contribution in [0.5, 0.6) is 5.75 Å². The second-order valence-corrected chi connectivity index (χ2v) is 7.30. The minimum absolute atomic E-state index is 0.0928. The fourth-order valence-corrected chi connectivity index (χ4v) is 3.66. The highest BCUT2D eigenvalue weighted by molar-refractivity contribution is 7.18. The molecule has 0 unspecified atom stereocenters. The lowest BCUT2D eigenvalue weighted by atomic mass is 10.2. The molecule has 0 radical (unpaired) electrons. The maximum atomic E-state index is 12.5. The molecular weight excluding hydrogens is 376 g/mol. The number of hydrogen-bond donors (Lipinski definition) is 0. The van der Waals surface area contributed by atoms with Crippen molar-refractivity contribution in [1.29, 1.82) is 0 Å². The molecule has 0 N–H and O–H groups in total. The van der Waals surface area contributed by atoms with Crippen molar-refractivity contribution >= 4 is 33.4 Å². The first kappa shape index (κ1) is 19.8. The molecule has 0 aliphatic heterocycles. The number of hydrogen-bond acceptors (Lipinski definition) is 6. The summed E-state index contributed by atoms with van der Waals surface area (Å²) >= 11 is 1.58. The van der Waals surface area contributed by atoms with Crippen LogP contribution >= 0.6 is 11.3 Å². The lowest BCUT2D eigenvalue weighted by Gasteiger charge is -2.23. The van der Waals surface area contributed by atoms with Gasteiger partial charge in [-0.15, -0.1) is 11.3 Å². The smallest absolute Gasteiger partial charge is 0.338 e. The number of ether oxygens (including phenoxy) is 2. The third kappa shape index (κ3) is 4.48. The molecular formula is C21H22N2O4S. The van der Waals surface area contributed by atoms with E-state index >= 15 is 0 Å². The number of nitrogens with zero attached hydrogens (tertiary/aromatic N) is 2. The van der Waals surface area contributed by atoms with Crippen LogP contribution in [0.2, 0.25) is 0 Å². The fourth-order valence-electron chi connectivity index (χ4n) is 2.60. The van der Waals surface area contributed by atoms with E-state index in [1.54, 1.807) is 54.5 Å². The molecule has 1 heterocycles. The summed E-state index contributed by atoms with van der Waals surface area (Å²) in [6, 6.07) is 14.3. The number of carbonyl (C=O) groups excluding carboxylic acids is 2. The minimum atomic E-state index is -0.380. The van der Waals surface area contributed by atoms with Gasteiger partial charge in [-0.05, 0) is 50.2 Å². The molecule has 0 saturated carbocycles. The molecule has 3 rings (SSSR count). The van der Waals surface area contributed by atoms with Gasteiger partial charge in [0.15, 0.2) is 6.61 Å². The molecule has 28 heavy (non-hydrogen) atoms. The summed E-state index contributed by atoms with van der Waals surface area (Å²) in [6.45, 7) is 3.94. The highest BCUT2D eigenvalue weighted by Crippen LogP contribution is 2.28. The Morgan fingerprint density at radius 1 is 1.14 bits per heavy atom. The first-order valence-corrected chi connectivity index (χ1v) is 9.82. The van der Waals surface area contributed by atoms with Crippen molar-refractivity contribution in [1.82, 2.24) is 9.88 Å². The zero-order valence-corrected chi connectivity index (χ0v) is 16.9. The molecule has 0 aliphatic carbocycles. The normalized spacial score (nSPS) is 11.8. The number of esters is 1. The molecule has 1 amide bonds. The Balaban J connectivity index is 1.58. The summed E-state index contributed by atoms with van der Waals surface area (Å²) in [7, 11) is 1.74. The maximum absolute atomic E-state index is 12.5. The maximum Gasteiger partial charge on any atom is 0.338 e. The number of fused-ring (bicyclic) bond motifs is 1. The van der Waals surface area contributed by atoms with E-state index in [1.165, 1.54) is 0 Å². The van der Waals surface area contributed by atoms with Gasteiger partial charge in [0.25, 0.3) is 5.91 Å². The Labute approximate surface area is 167 Å². The van der Waals surface area contributed by atoms with Crippen molar-refractivity contribution in [2.45, 2.75) is 19.9 Å². The Hall–Kier alpha value is -2.93. The average Bonchev–Trinajstić information content (AvgIpc) is 3.15. The van der Waals surface area contributed by atoms with Crippen molar-refractivity contribution in [3.63, 3.8) is 0 Å². The Morgan fingerprint density at radius 2 is 1.86 bits per heavy atom. The number of aromatic nitrogens is 1. The first-order chi connectivity index (χ1) is 13.5. The predicted octanol–water partition coefficient (Wildman–Crippen LogP) is 4.07. The number of amides is 1. The fraction of sp³-hybridized carbons (Fsp3) is 0.286. The molecule has 6 nitrogen and oxygen atoms in total. The minimum Gasteiger partial charge on any atom is -0.484 e. The number of benzene rings is 2. The monoisotopic (exact) mass is 398 g/mol. The van der Waals surface area contributed by atoms with Crippen LogP contribution in [0.25, 0.3) is 10.2 Å². The summed E-state index contributed by atoms with van der Waals surface area (Å²) in [4.78, 5) is 30.4. The highest BCUT2D eigenvalue weighted by Gasteiger charge is 2.21. The van der Waals surface area contributed by atoms with Gasteiger partial charge in [-0.1, -0.05) is 12.1 Å². The number of likely N-dealkylation sites (N-methyl/N-ethyl adjacent to an activating group) is 1. The van der Waals surface area contributed by atoms with E-state index < -0.39 is 0 Å². The second-order valence-electron chi connectivity index (χ2n) is 6.23. The summed E-state index contributed by atoms with van der Waals surface area (Å²) in [5, 5.41) is 0.885. The summed E-state index contributed by atoms with van der Waals surface area (Å²) in [6.07, 6.45) is 0. The predicted molar refractivity (Wildman–Crippen MR) is 109 cm³/mol. The van der Waals surface area contributed by atoms with E-state index in [-0.39, 0.29) is 24.5 Å². The van der Waals surface area contributed by atoms with E-state index in [0.29, 0.717) is 17.9 Å². The van der Waals surface area contributed by atoms with Crippen molar-refractivity contribution in [2.75, 3.05) is 20.3 Å². The highest BCUT2D eigenvalue weighted by atomic mass is 32.1. The Kier molecular flexibility index (Phi) is 6.26. The van der Waals surface area contributed by atoms with Gasteiger partial charge < -0.3 is 14.4 Å². The van der Waals surface area contributed by atoms with E-state index in [4.69, 9.17) is 9.47 Å². The van der Waals surface area contributed by atoms with Crippen LogP contribution in [0.15, 0.2) is 48.5 Å². The van der Waals surface area contributed by atoms with Crippen LogP contribution in [0.4, 0.5) is 0 Å². The van der Waals surface area contributed by atoms with Crippen LogP contribution in [0, 0.1) is 0 Å². The Morgan fingerprint density at radius 3 is 2.54 bits per heavy atom. The molecule has 0 fully saturated rings. The van der Waals surface area contributed by atoms with Gasteiger partial charge >= 0.3 is 5.97 Å². The molecule has 0 spiro atoms. The summed E-state index contributed by atoms with van der Waals surface area (Å²) in [5.41, 5.74) is 1.38. The molecule has 3 aromatic rings. The average molecular weight is 398 g/mol. The molecule has 146 valence electrons. The van der Waals surface area contributed by atoms with Crippen LogP contribution in [0.3, 0.4) is 0 Å². The van der Waals surface area contributed by atoms with Crippen molar-refractivity contribution in [3.05, 3.63) is 59.1 Å². The van der Waals surface area contributed by atoms with Gasteiger partial charge in [0.05, 0.1) is 28.4 Å². The summed E-state index contributed by atoms with van der Waals surface area (Å²) < 4.78 is 11.6. The van der Waals surface area contributed by atoms with E-state index in [0.717, 1.165) is 15.2 Å². The standard InChI is InChI=1S/C21H22N2O4S/c1-4-26-21(25)15-9-11-16(12-10-15)27-13-19(24)23(3)14(2)20-22-17-7-5-6-8-18(17)28-20/h5-12,14H,4,13H2,1-3H3/t14-/m1/s1. The molecule has 0 bridgehead atoms. The largest absolute Gasteiger partial charge is 0.484 e. The van der Waals surface area contributed by atoms with Gasteiger partial charge in [-0.25, -0.2) is 9.78 Å². The SMILES string of the molecule is CCOC(=O)c1ccc(OCC(=O)N(C)[C@H](C)c2nc3ccccc3s2)cc1. The molecule has 7 heteroatoms. The number of thiazole rings is 1. The number of para-hydroxylation sites is 1. The van der Waals surface area contributed by atoms with Crippen molar-refractivity contribution in [3.8, 4) is 5.75 Å². The van der Waals surface area contributed by atoms with Gasteiger partial charge in [0.1, 0.15) is 10.8 Å². The number of carbonyl (C=O) groups is 2. The van der Waals surface area contributed by atoms with Gasteiger partial charge in [-0.2, -0.15) is 0 Å².